The van der Waals surface area contributed by atoms with E-state index in [0.29, 0.717) is 10.8 Å². The van der Waals surface area contributed by atoms with E-state index in [1.807, 2.05) is 0 Å². The summed E-state index contributed by atoms with van der Waals surface area (Å²) in [7, 11) is 0. The number of piperidine rings is 1. The van der Waals surface area contributed by atoms with E-state index in [0.717, 1.165) is 6.54 Å². The number of likely N-dealkylation sites (tertiary alicyclic amines) is 1. The molecule has 66 valence electrons. The Morgan fingerprint density at radius 2 is 2.00 bits per heavy atom. The Bertz CT molecular complexity index is 128. The van der Waals surface area contributed by atoms with Crippen LogP contribution in [0.15, 0.2) is 0 Å². The van der Waals surface area contributed by atoms with Crippen molar-refractivity contribution in [3.63, 3.8) is 0 Å². The second-order valence-corrected chi connectivity index (χ2v) is 5.14. The molecule has 1 rings (SSSR count). The zero-order valence-electron chi connectivity index (χ0n) is 7.80. The zero-order valence-corrected chi connectivity index (χ0v) is 8.69. The van der Waals surface area contributed by atoms with Gasteiger partial charge in [-0.1, -0.05) is 0 Å². The average molecular weight is 173 g/mol. The normalized spacial score (nSPS) is 28.9. The van der Waals surface area contributed by atoms with Gasteiger partial charge in [0.05, 0.1) is 0 Å². The van der Waals surface area contributed by atoms with E-state index < -0.39 is 0 Å². The van der Waals surface area contributed by atoms with Crippen LogP contribution in [0.25, 0.3) is 0 Å². The summed E-state index contributed by atoms with van der Waals surface area (Å²) in [5.74, 6) is 0. The first-order valence-corrected chi connectivity index (χ1v) is 4.95. The standard InChI is InChI=1S/C9H19NS/c1-9(2,3)10-6-4-5-8(11)7-10/h8,11H,4-7H2,1-3H3. The largest absolute Gasteiger partial charge is 0.297 e. The second-order valence-electron chi connectivity index (χ2n) is 4.41. The van der Waals surface area contributed by atoms with Crippen molar-refractivity contribution in [3.05, 3.63) is 0 Å². The first-order valence-electron chi connectivity index (χ1n) is 4.43. The first-order chi connectivity index (χ1) is 5.00. The number of hydrogen-bond acceptors (Lipinski definition) is 2. The quantitative estimate of drug-likeness (QED) is 0.550. The van der Waals surface area contributed by atoms with Gasteiger partial charge in [-0.3, -0.25) is 4.90 Å². The Morgan fingerprint density at radius 3 is 2.36 bits per heavy atom. The van der Waals surface area contributed by atoms with Gasteiger partial charge in [0.15, 0.2) is 0 Å². The molecule has 1 aliphatic heterocycles. The van der Waals surface area contributed by atoms with Crippen molar-refractivity contribution in [2.45, 2.75) is 44.4 Å². The van der Waals surface area contributed by atoms with Gasteiger partial charge in [0.25, 0.3) is 0 Å². The third-order valence-corrected chi connectivity index (χ3v) is 2.77. The molecule has 2 heteroatoms. The van der Waals surface area contributed by atoms with Crippen molar-refractivity contribution in [2.75, 3.05) is 13.1 Å². The topological polar surface area (TPSA) is 3.24 Å². The van der Waals surface area contributed by atoms with Gasteiger partial charge in [-0.05, 0) is 40.2 Å². The highest BCUT2D eigenvalue weighted by Gasteiger charge is 2.25. The molecule has 1 aliphatic rings. The van der Waals surface area contributed by atoms with Crippen molar-refractivity contribution in [1.29, 1.82) is 0 Å². The van der Waals surface area contributed by atoms with E-state index in [4.69, 9.17) is 0 Å². The lowest BCUT2D eigenvalue weighted by Gasteiger charge is -2.40. The van der Waals surface area contributed by atoms with Gasteiger partial charge in [0, 0.05) is 17.3 Å². The van der Waals surface area contributed by atoms with Crippen LogP contribution in [0.2, 0.25) is 0 Å². The summed E-state index contributed by atoms with van der Waals surface area (Å²) in [6.07, 6.45) is 2.60. The van der Waals surface area contributed by atoms with Gasteiger partial charge in [0.2, 0.25) is 0 Å². The molecule has 1 nitrogen and oxygen atoms in total. The first kappa shape index (κ1) is 9.40. The van der Waals surface area contributed by atoms with Gasteiger partial charge < -0.3 is 0 Å². The monoisotopic (exact) mass is 173 g/mol. The maximum Gasteiger partial charge on any atom is 0.0145 e. The number of thiol groups is 1. The fraction of sp³-hybridized carbons (Fsp3) is 1.00. The maximum atomic E-state index is 4.51. The van der Waals surface area contributed by atoms with Crippen LogP contribution < -0.4 is 0 Å². The molecule has 0 aromatic heterocycles. The summed E-state index contributed by atoms with van der Waals surface area (Å²) in [6, 6.07) is 0. The van der Waals surface area contributed by atoms with E-state index in [1.165, 1.54) is 19.4 Å². The Morgan fingerprint density at radius 1 is 1.36 bits per heavy atom. The van der Waals surface area contributed by atoms with Gasteiger partial charge in [-0.2, -0.15) is 12.6 Å². The van der Waals surface area contributed by atoms with E-state index in [2.05, 4.69) is 38.3 Å². The fourth-order valence-corrected chi connectivity index (χ4v) is 1.94. The summed E-state index contributed by atoms with van der Waals surface area (Å²) in [5.41, 5.74) is 0.335. The molecule has 0 N–H and O–H groups in total. The Hall–Kier alpha value is 0.310. The lowest BCUT2D eigenvalue weighted by Crippen LogP contribution is -2.47. The number of rotatable bonds is 0. The predicted octanol–water partition coefficient (Wildman–Crippen LogP) is 2.18. The Balaban J connectivity index is 2.46. The van der Waals surface area contributed by atoms with Crippen molar-refractivity contribution in [2.24, 2.45) is 0 Å². The number of hydrogen-bond donors (Lipinski definition) is 1. The minimum absolute atomic E-state index is 0.335. The van der Waals surface area contributed by atoms with Crippen molar-refractivity contribution in [1.82, 2.24) is 4.90 Å². The third kappa shape index (κ3) is 2.68. The molecule has 1 fully saturated rings. The van der Waals surface area contributed by atoms with Crippen LogP contribution in [0.1, 0.15) is 33.6 Å². The second kappa shape index (κ2) is 3.36. The van der Waals surface area contributed by atoms with Crippen LogP contribution in [0.5, 0.6) is 0 Å². The molecule has 0 aromatic carbocycles. The SMILES string of the molecule is CC(C)(C)N1CCCC(S)C1. The van der Waals surface area contributed by atoms with Crippen molar-refractivity contribution >= 4 is 12.6 Å². The third-order valence-electron chi connectivity index (χ3n) is 2.35. The maximum absolute atomic E-state index is 4.51. The summed E-state index contributed by atoms with van der Waals surface area (Å²) in [4.78, 5) is 2.52. The minimum atomic E-state index is 0.335. The van der Waals surface area contributed by atoms with Crippen molar-refractivity contribution in [3.8, 4) is 0 Å². The van der Waals surface area contributed by atoms with Gasteiger partial charge in [-0.25, -0.2) is 0 Å². The molecule has 0 amide bonds. The van der Waals surface area contributed by atoms with Crippen LogP contribution in [0.3, 0.4) is 0 Å². The highest BCUT2D eigenvalue weighted by atomic mass is 32.1. The van der Waals surface area contributed by atoms with E-state index in [9.17, 15) is 0 Å². The Kier molecular flexibility index (Phi) is 2.87. The van der Waals surface area contributed by atoms with Crippen LogP contribution >= 0.6 is 12.6 Å². The summed E-state index contributed by atoms with van der Waals surface area (Å²) in [6.45, 7) is 9.24. The lowest BCUT2D eigenvalue weighted by atomic mass is 10.0. The summed E-state index contributed by atoms with van der Waals surface area (Å²) < 4.78 is 0. The van der Waals surface area contributed by atoms with Crippen LogP contribution in [-0.4, -0.2) is 28.8 Å². The molecule has 0 saturated carbocycles. The summed E-state index contributed by atoms with van der Waals surface area (Å²) >= 11 is 4.51. The molecule has 0 radical (unpaired) electrons. The highest BCUT2D eigenvalue weighted by Crippen LogP contribution is 2.22. The average Bonchev–Trinajstić information content (AvgIpc) is 1.86. The lowest BCUT2D eigenvalue weighted by molar-refractivity contribution is 0.114. The van der Waals surface area contributed by atoms with Gasteiger partial charge in [0.1, 0.15) is 0 Å². The molecule has 1 heterocycles. The molecule has 1 unspecified atom stereocenters. The molecule has 1 atom stereocenters. The molecule has 0 aliphatic carbocycles. The molecule has 0 bridgehead atoms. The molecule has 1 saturated heterocycles. The highest BCUT2D eigenvalue weighted by molar-refractivity contribution is 7.81. The molecule has 0 aromatic rings. The van der Waals surface area contributed by atoms with Gasteiger partial charge >= 0.3 is 0 Å². The smallest absolute Gasteiger partial charge is 0.0145 e. The van der Waals surface area contributed by atoms with Crippen LogP contribution in [0, 0.1) is 0 Å². The predicted molar refractivity (Wildman–Crippen MR) is 53.3 cm³/mol. The molecular formula is C9H19NS. The van der Waals surface area contributed by atoms with Crippen molar-refractivity contribution < 1.29 is 0 Å². The minimum Gasteiger partial charge on any atom is -0.297 e. The fourth-order valence-electron chi connectivity index (χ4n) is 1.56. The van der Waals surface area contributed by atoms with Crippen LogP contribution in [-0.2, 0) is 0 Å². The van der Waals surface area contributed by atoms with E-state index in [-0.39, 0.29) is 0 Å². The van der Waals surface area contributed by atoms with E-state index in [1.54, 1.807) is 0 Å². The molecular weight excluding hydrogens is 154 g/mol. The zero-order chi connectivity index (χ0) is 8.48. The van der Waals surface area contributed by atoms with Gasteiger partial charge in [-0.15, -0.1) is 0 Å². The molecule has 0 spiro atoms. The number of nitrogens with zero attached hydrogens (tertiary/aromatic N) is 1. The van der Waals surface area contributed by atoms with Crippen LogP contribution in [0.4, 0.5) is 0 Å². The Labute approximate surface area is 75.6 Å². The molecule has 11 heavy (non-hydrogen) atoms. The van der Waals surface area contributed by atoms with E-state index >= 15 is 0 Å². The summed E-state index contributed by atoms with van der Waals surface area (Å²) in [5, 5.41) is 0.600.